The third kappa shape index (κ3) is 8.11. The maximum absolute atomic E-state index is 5.51. The van der Waals surface area contributed by atoms with Crippen LogP contribution >= 0.6 is 11.6 Å². The lowest BCUT2D eigenvalue weighted by atomic mass is 10.3. The molecule has 0 spiro atoms. The van der Waals surface area contributed by atoms with Gasteiger partial charge in [0.15, 0.2) is 0 Å². The number of rotatable bonds is 6. The van der Waals surface area contributed by atoms with Gasteiger partial charge < -0.3 is 9.47 Å². The van der Waals surface area contributed by atoms with Gasteiger partial charge in [-0.25, -0.2) is 0 Å². The first-order valence-electron chi connectivity index (χ1n) is 4.62. The molecule has 0 rings (SSSR count). The molecule has 0 aliphatic carbocycles. The molecule has 13 heavy (non-hydrogen) atoms. The maximum atomic E-state index is 5.51. The first kappa shape index (κ1) is 12.8. The normalized spacial score (nSPS) is 9.85. The number of hydrogen-bond donors (Lipinski definition) is 0. The molecule has 0 heterocycles. The van der Waals surface area contributed by atoms with Crippen LogP contribution in [0.5, 0.6) is 0 Å². The van der Waals surface area contributed by atoms with Crippen molar-refractivity contribution in [1.82, 2.24) is 0 Å². The monoisotopic (exact) mass is 204 g/mol. The number of unbranched alkanes of at least 4 members (excludes halogenated alkanes) is 1. The van der Waals surface area contributed by atoms with Crippen molar-refractivity contribution in [2.75, 3.05) is 19.1 Å². The third-order valence-corrected chi connectivity index (χ3v) is 1.56. The Morgan fingerprint density at radius 2 is 1.85 bits per heavy atom. The fourth-order valence-corrected chi connectivity index (χ4v) is 0.879. The molecule has 0 atom stereocenters. The zero-order valence-corrected chi connectivity index (χ0v) is 9.06. The van der Waals surface area contributed by atoms with Crippen molar-refractivity contribution in [3.63, 3.8) is 0 Å². The summed E-state index contributed by atoms with van der Waals surface area (Å²) in [5.74, 6) is 6.53. The van der Waals surface area contributed by atoms with Crippen molar-refractivity contribution >= 4 is 11.6 Å². The number of alkyl halides is 1. The van der Waals surface area contributed by atoms with E-state index in [-0.39, 0.29) is 6.29 Å². The maximum Gasteiger partial charge on any atom is 0.222 e. The molecule has 0 fully saturated rings. The van der Waals surface area contributed by atoms with E-state index in [2.05, 4.69) is 11.8 Å². The Labute approximate surface area is 85.6 Å². The van der Waals surface area contributed by atoms with Crippen molar-refractivity contribution in [2.45, 2.75) is 33.0 Å². The zero-order valence-electron chi connectivity index (χ0n) is 8.31. The van der Waals surface area contributed by atoms with E-state index >= 15 is 0 Å². The molecule has 76 valence electrons. The van der Waals surface area contributed by atoms with E-state index in [1.165, 1.54) is 0 Å². The molecule has 0 unspecified atom stereocenters. The van der Waals surface area contributed by atoms with Gasteiger partial charge in [0.1, 0.15) is 0 Å². The molecule has 2 nitrogen and oxygen atoms in total. The largest absolute Gasteiger partial charge is 0.342 e. The van der Waals surface area contributed by atoms with Crippen LogP contribution in [0.4, 0.5) is 0 Å². The summed E-state index contributed by atoms with van der Waals surface area (Å²) in [5, 5.41) is 0. The minimum atomic E-state index is -0.370. The molecule has 0 aliphatic heterocycles. The second-order valence-corrected chi connectivity index (χ2v) is 2.73. The fourth-order valence-electron chi connectivity index (χ4n) is 0.745. The summed E-state index contributed by atoms with van der Waals surface area (Å²) in [6.45, 7) is 5.09. The third-order valence-electron chi connectivity index (χ3n) is 1.29. The van der Waals surface area contributed by atoms with E-state index in [9.17, 15) is 0 Å². The SMILES string of the molecule is CCOC(C#CCCCCl)OCC. The topological polar surface area (TPSA) is 18.5 Å². The first-order chi connectivity index (χ1) is 6.35. The minimum absolute atomic E-state index is 0.370. The van der Waals surface area contributed by atoms with Gasteiger partial charge in [0, 0.05) is 25.5 Å². The van der Waals surface area contributed by atoms with E-state index in [1.54, 1.807) is 0 Å². The van der Waals surface area contributed by atoms with Gasteiger partial charge in [0.2, 0.25) is 6.29 Å². The summed E-state index contributed by atoms with van der Waals surface area (Å²) < 4.78 is 10.5. The lowest BCUT2D eigenvalue weighted by molar-refractivity contribution is -0.0970. The molecule has 3 heteroatoms. The van der Waals surface area contributed by atoms with Crippen LogP contribution < -0.4 is 0 Å². The molecule has 0 N–H and O–H groups in total. The quantitative estimate of drug-likeness (QED) is 0.286. The van der Waals surface area contributed by atoms with Crippen molar-refractivity contribution in [3.05, 3.63) is 0 Å². The highest BCUT2D eigenvalue weighted by Gasteiger charge is 2.00. The van der Waals surface area contributed by atoms with Gasteiger partial charge >= 0.3 is 0 Å². The Kier molecular flexibility index (Phi) is 9.68. The summed E-state index contributed by atoms with van der Waals surface area (Å²) in [5.41, 5.74) is 0. The molecule has 0 aromatic heterocycles. The molecule has 0 aromatic rings. The van der Waals surface area contributed by atoms with E-state index in [1.807, 2.05) is 13.8 Å². The van der Waals surface area contributed by atoms with Crippen LogP contribution in [0, 0.1) is 11.8 Å². The number of ether oxygens (including phenoxy) is 2. The van der Waals surface area contributed by atoms with Crippen LogP contribution in [-0.2, 0) is 9.47 Å². The molecule has 0 bridgehead atoms. The molecule has 0 radical (unpaired) electrons. The number of halogens is 1. The highest BCUT2D eigenvalue weighted by atomic mass is 35.5. The smallest absolute Gasteiger partial charge is 0.222 e. The molecular formula is C10H17ClO2. The average Bonchev–Trinajstić information content (AvgIpc) is 2.13. The van der Waals surface area contributed by atoms with E-state index in [0.717, 1.165) is 12.8 Å². The molecule has 0 aromatic carbocycles. The molecular weight excluding hydrogens is 188 g/mol. The van der Waals surface area contributed by atoms with Gasteiger partial charge in [-0.3, -0.25) is 0 Å². The summed E-state index contributed by atoms with van der Waals surface area (Å²) in [6, 6.07) is 0. The highest BCUT2D eigenvalue weighted by molar-refractivity contribution is 6.17. The number of hydrogen-bond acceptors (Lipinski definition) is 2. The molecule has 0 saturated carbocycles. The van der Waals surface area contributed by atoms with Crippen molar-refractivity contribution < 1.29 is 9.47 Å². The lowest BCUT2D eigenvalue weighted by Gasteiger charge is -2.09. The van der Waals surface area contributed by atoms with Gasteiger partial charge in [-0.15, -0.1) is 11.6 Å². The predicted octanol–water partition coefficient (Wildman–Crippen LogP) is 2.41. The Bertz CT molecular complexity index is 154. The Morgan fingerprint density at radius 3 is 2.31 bits per heavy atom. The average molecular weight is 205 g/mol. The van der Waals surface area contributed by atoms with E-state index in [0.29, 0.717) is 19.1 Å². The second kappa shape index (κ2) is 9.85. The van der Waals surface area contributed by atoms with Crippen LogP contribution in [0.3, 0.4) is 0 Å². The van der Waals surface area contributed by atoms with Gasteiger partial charge in [-0.05, 0) is 26.2 Å². The van der Waals surface area contributed by atoms with Crippen molar-refractivity contribution in [1.29, 1.82) is 0 Å². The molecule has 0 saturated heterocycles. The van der Waals surface area contributed by atoms with Crippen LogP contribution in [0.15, 0.2) is 0 Å². The van der Waals surface area contributed by atoms with Gasteiger partial charge in [0.05, 0.1) is 0 Å². The summed E-state index contributed by atoms with van der Waals surface area (Å²) in [6.07, 6.45) is 1.35. The Morgan fingerprint density at radius 1 is 1.23 bits per heavy atom. The Hall–Kier alpha value is -0.230. The summed E-state index contributed by atoms with van der Waals surface area (Å²) in [7, 11) is 0. The molecule has 0 amide bonds. The zero-order chi connectivity index (χ0) is 9.94. The highest BCUT2D eigenvalue weighted by Crippen LogP contribution is 1.94. The standard InChI is InChI=1S/C10H17ClO2/c1-3-12-10(13-4-2)8-6-5-7-9-11/h10H,3-5,7,9H2,1-2H3. The van der Waals surface area contributed by atoms with E-state index in [4.69, 9.17) is 21.1 Å². The van der Waals surface area contributed by atoms with Gasteiger partial charge in [0.25, 0.3) is 0 Å². The van der Waals surface area contributed by atoms with Gasteiger partial charge in [-0.2, -0.15) is 0 Å². The van der Waals surface area contributed by atoms with Crippen LogP contribution in [0.25, 0.3) is 0 Å². The van der Waals surface area contributed by atoms with Crippen molar-refractivity contribution in [2.24, 2.45) is 0 Å². The second-order valence-electron chi connectivity index (χ2n) is 2.36. The van der Waals surface area contributed by atoms with Crippen molar-refractivity contribution in [3.8, 4) is 11.8 Å². The van der Waals surface area contributed by atoms with Crippen LogP contribution in [-0.4, -0.2) is 25.4 Å². The van der Waals surface area contributed by atoms with E-state index < -0.39 is 0 Å². The lowest BCUT2D eigenvalue weighted by Crippen LogP contribution is -2.14. The van der Waals surface area contributed by atoms with Crippen LogP contribution in [0.2, 0.25) is 0 Å². The van der Waals surface area contributed by atoms with Crippen LogP contribution in [0.1, 0.15) is 26.7 Å². The summed E-state index contributed by atoms with van der Waals surface area (Å²) in [4.78, 5) is 0. The Balaban J connectivity index is 3.68. The molecule has 0 aliphatic rings. The summed E-state index contributed by atoms with van der Waals surface area (Å²) >= 11 is 5.51. The minimum Gasteiger partial charge on any atom is -0.342 e. The predicted molar refractivity (Wildman–Crippen MR) is 54.8 cm³/mol. The van der Waals surface area contributed by atoms with Gasteiger partial charge in [-0.1, -0.05) is 5.92 Å². The first-order valence-corrected chi connectivity index (χ1v) is 5.16. The fraction of sp³-hybridized carbons (Fsp3) is 0.800.